The molecule has 2 aromatic rings. The summed E-state index contributed by atoms with van der Waals surface area (Å²) in [6.45, 7) is 6.87. The lowest BCUT2D eigenvalue weighted by atomic mass is 10.3. The molecule has 1 unspecified atom stereocenters. The van der Waals surface area contributed by atoms with E-state index in [2.05, 4.69) is 15.0 Å². The maximum absolute atomic E-state index is 12.3. The van der Waals surface area contributed by atoms with E-state index >= 15 is 0 Å². The van der Waals surface area contributed by atoms with Crippen LogP contribution in [0.4, 0.5) is 5.13 Å². The first-order valence-corrected chi connectivity index (χ1v) is 9.94. The molecule has 116 valence electrons. The van der Waals surface area contributed by atoms with E-state index in [1.165, 1.54) is 22.7 Å². The summed E-state index contributed by atoms with van der Waals surface area (Å²) in [6.07, 6.45) is 0.835. The van der Waals surface area contributed by atoms with E-state index in [1.54, 1.807) is 6.07 Å². The zero-order chi connectivity index (χ0) is 15.5. The molecule has 0 saturated heterocycles. The Hall–Kier alpha value is -0.960. The van der Waals surface area contributed by atoms with Crippen LogP contribution in [0.25, 0.3) is 0 Å². The number of thiophene rings is 1. The van der Waals surface area contributed by atoms with Crippen molar-refractivity contribution in [3.05, 3.63) is 28.1 Å². The monoisotopic (exact) mass is 345 g/mol. The lowest BCUT2D eigenvalue weighted by Gasteiger charge is -2.08. The van der Waals surface area contributed by atoms with Crippen molar-refractivity contribution < 1.29 is 8.42 Å². The van der Waals surface area contributed by atoms with E-state index in [1.807, 2.05) is 32.2 Å². The highest BCUT2D eigenvalue weighted by Crippen LogP contribution is 2.27. The molecule has 2 rings (SSSR count). The molecule has 0 aliphatic rings. The molecule has 0 saturated carbocycles. The Morgan fingerprint density at radius 1 is 1.33 bits per heavy atom. The fourth-order valence-electron chi connectivity index (χ4n) is 1.80. The summed E-state index contributed by atoms with van der Waals surface area (Å²) in [5.41, 5.74) is 0.847. The first-order valence-electron chi connectivity index (χ1n) is 6.76. The van der Waals surface area contributed by atoms with Crippen LogP contribution in [0.1, 0.15) is 37.4 Å². The van der Waals surface area contributed by atoms with E-state index in [4.69, 9.17) is 0 Å². The molecular weight excluding hydrogens is 326 g/mol. The average Bonchev–Trinajstić information content (AvgIpc) is 3.07. The predicted molar refractivity (Wildman–Crippen MR) is 88.7 cm³/mol. The van der Waals surface area contributed by atoms with Crippen molar-refractivity contribution in [2.45, 2.75) is 37.4 Å². The van der Waals surface area contributed by atoms with Gasteiger partial charge in [0.05, 0.1) is 5.69 Å². The van der Waals surface area contributed by atoms with Gasteiger partial charge in [0.25, 0.3) is 10.0 Å². The standard InChI is InChI=1S/C13H19N3O2S3/c1-4-10-6-7-12(20-10)21(17,18)16-13-15-11(8-19-13)9(3)14-5-2/h6-9,14H,4-5H2,1-3H3,(H,15,16). The Kier molecular flexibility index (Phi) is 5.37. The maximum Gasteiger partial charge on any atom is 0.273 e. The van der Waals surface area contributed by atoms with Crippen molar-refractivity contribution in [1.82, 2.24) is 10.3 Å². The van der Waals surface area contributed by atoms with Gasteiger partial charge in [-0.2, -0.15) is 0 Å². The first kappa shape index (κ1) is 16.4. The number of hydrogen-bond acceptors (Lipinski definition) is 6. The van der Waals surface area contributed by atoms with Crippen LogP contribution in [0.2, 0.25) is 0 Å². The highest BCUT2D eigenvalue weighted by atomic mass is 32.2. The van der Waals surface area contributed by atoms with Gasteiger partial charge in [0.2, 0.25) is 0 Å². The molecule has 2 aromatic heterocycles. The quantitative estimate of drug-likeness (QED) is 0.808. The molecule has 0 bridgehead atoms. The van der Waals surface area contributed by atoms with Crippen LogP contribution in [0.15, 0.2) is 21.7 Å². The van der Waals surface area contributed by atoms with Gasteiger partial charge in [-0.1, -0.05) is 13.8 Å². The number of hydrogen-bond donors (Lipinski definition) is 2. The summed E-state index contributed by atoms with van der Waals surface area (Å²) in [5, 5.41) is 5.53. The lowest BCUT2D eigenvalue weighted by Crippen LogP contribution is -2.18. The zero-order valence-corrected chi connectivity index (χ0v) is 14.7. The fourth-order valence-corrected chi connectivity index (χ4v) is 5.15. The summed E-state index contributed by atoms with van der Waals surface area (Å²) in [5.74, 6) is 0. The highest BCUT2D eigenvalue weighted by Gasteiger charge is 2.19. The smallest absolute Gasteiger partial charge is 0.273 e. The number of aryl methyl sites for hydroxylation is 1. The molecule has 8 heteroatoms. The minimum absolute atomic E-state index is 0.109. The van der Waals surface area contributed by atoms with E-state index < -0.39 is 10.0 Å². The van der Waals surface area contributed by atoms with Gasteiger partial charge in [-0.15, -0.1) is 22.7 Å². The largest absolute Gasteiger partial charge is 0.309 e. The minimum atomic E-state index is -3.53. The Balaban J connectivity index is 2.13. The van der Waals surface area contributed by atoms with Gasteiger partial charge in [-0.25, -0.2) is 13.4 Å². The van der Waals surface area contributed by atoms with Crippen molar-refractivity contribution >= 4 is 37.8 Å². The van der Waals surface area contributed by atoms with Gasteiger partial charge in [-0.05, 0) is 32.0 Å². The van der Waals surface area contributed by atoms with Crippen molar-refractivity contribution in [3.8, 4) is 0 Å². The Labute approximate surface area is 133 Å². The molecule has 0 aliphatic carbocycles. The minimum Gasteiger partial charge on any atom is -0.309 e. The van der Waals surface area contributed by atoms with Crippen LogP contribution in [-0.2, 0) is 16.4 Å². The molecule has 0 fully saturated rings. The SMILES string of the molecule is CCNC(C)c1csc(NS(=O)(=O)c2ccc(CC)s2)n1. The van der Waals surface area contributed by atoms with Gasteiger partial charge in [0.15, 0.2) is 5.13 Å². The Bertz CT molecular complexity index is 691. The molecule has 0 aliphatic heterocycles. The first-order chi connectivity index (χ1) is 9.96. The van der Waals surface area contributed by atoms with Gasteiger partial charge in [0.1, 0.15) is 4.21 Å². The van der Waals surface area contributed by atoms with Crippen LogP contribution in [-0.4, -0.2) is 19.9 Å². The van der Waals surface area contributed by atoms with Crippen molar-refractivity contribution in [3.63, 3.8) is 0 Å². The van der Waals surface area contributed by atoms with Crippen molar-refractivity contribution in [2.24, 2.45) is 0 Å². The van der Waals surface area contributed by atoms with Crippen LogP contribution >= 0.6 is 22.7 Å². The van der Waals surface area contributed by atoms with Gasteiger partial charge < -0.3 is 5.32 Å². The summed E-state index contributed by atoms with van der Waals surface area (Å²) < 4.78 is 27.5. The molecule has 0 amide bonds. The highest BCUT2D eigenvalue weighted by molar-refractivity contribution is 7.94. The number of anilines is 1. The van der Waals surface area contributed by atoms with E-state index in [9.17, 15) is 8.42 Å². The number of sulfonamides is 1. The third kappa shape index (κ3) is 4.03. The van der Waals surface area contributed by atoms with Crippen LogP contribution in [0.5, 0.6) is 0 Å². The van der Waals surface area contributed by atoms with Gasteiger partial charge in [-0.3, -0.25) is 4.72 Å². The summed E-state index contributed by atoms with van der Waals surface area (Å²) in [6, 6.07) is 3.60. The second kappa shape index (κ2) is 6.87. The average molecular weight is 346 g/mol. The van der Waals surface area contributed by atoms with E-state index in [0.717, 1.165) is 23.5 Å². The Morgan fingerprint density at radius 3 is 2.71 bits per heavy atom. The van der Waals surface area contributed by atoms with Gasteiger partial charge >= 0.3 is 0 Å². The topological polar surface area (TPSA) is 71.1 Å². The normalized spacial score (nSPS) is 13.3. The lowest BCUT2D eigenvalue weighted by molar-refractivity contribution is 0.586. The summed E-state index contributed by atoms with van der Waals surface area (Å²) in [4.78, 5) is 5.39. The molecule has 1 atom stereocenters. The van der Waals surface area contributed by atoms with Crippen LogP contribution in [0.3, 0.4) is 0 Å². The van der Waals surface area contributed by atoms with Crippen LogP contribution < -0.4 is 10.0 Å². The molecule has 2 N–H and O–H groups in total. The Morgan fingerprint density at radius 2 is 2.10 bits per heavy atom. The summed E-state index contributed by atoms with van der Waals surface area (Å²) >= 11 is 2.60. The van der Waals surface area contributed by atoms with Crippen molar-refractivity contribution in [2.75, 3.05) is 11.3 Å². The molecule has 0 radical (unpaired) electrons. The molecule has 2 heterocycles. The van der Waals surface area contributed by atoms with E-state index in [0.29, 0.717) is 9.34 Å². The second-order valence-electron chi connectivity index (χ2n) is 4.54. The zero-order valence-electron chi connectivity index (χ0n) is 12.2. The number of nitrogens with one attached hydrogen (secondary N) is 2. The number of thiazole rings is 1. The third-order valence-electron chi connectivity index (χ3n) is 2.95. The molecule has 0 spiro atoms. The molecule has 21 heavy (non-hydrogen) atoms. The van der Waals surface area contributed by atoms with Crippen LogP contribution in [0, 0.1) is 0 Å². The number of nitrogens with zero attached hydrogens (tertiary/aromatic N) is 1. The van der Waals surface area contributed by atoms with E-state index in [-0.39, 0.29) is 6.04 Å². The predicted octanol–water partition coefficient (Wildman–Crippen LogP) is 3.24. The third-order valence-corrected chi connectivity index (χ3v) is 6.91. The number of aromatic nitrogens is 1. The summed E-state index contributed by atoms with van der Waals surface area (Å²) in [7, 11) is -3.53. The molecule has 5 nitrogen and oxygen atoms in total. The number of rotatable bonds is 7. The second-order valence-corrected chi connectivity index (χ2v) is 8.47. The molecular formula is C13H19N3O2S3. The van der Waals surface area contributed by atoms with Crippen molar-refractivity contribution in [1.29, 1.82) is 0 Å². The molecule has 0 aromatic carbocycles. The fraction of sp³-hybridized carbons (Fsp3) is 0.462. The van der Waals surface area contributed by atoms with Gasteiger partial charge in [0, 0.05) is 16.3 Å². The maximum atomic E-state index is 12.3.